The zero-order chi connectivity index (χ0) is 19.5. The van der Waals surface area contributed by atoms with Gasteiger partial charge < -0.3 is 9.47 Å². The molecule has 0 spiro atoms. The minimum Gasteiger partial charge on any atom is -0.464 e. The molecule has 2 aromatic rings. The zero-order valence-corrected chi connectivity index (χ0v) is 16.1. The summed E-state index contributed by atoms with van der Waals surface area (Å²) in [7, 11) is 1.20. The largest absolute Gasteiger partial charge is 0.464 e. The number of benzene rings is 1. The van der Waals surface area contributed by atoms with Gasteiger partial charge in [-0.25, -0.2) is 19.6 Å². The van der Waals surface area contributed by atoms with Crippen LogP contribution >= 0.6 is 23.2 Å². The number of hydrogen-bond donors (Lipinski definition) is 1. The third-order valence-electron chi connectivity index (χ3n) is 3.00. The third-order valence-corrected chi connectivity index (χ3v) is 3.82. The van der Waals surface area contributed by atoms with Crippen LogP contribution in [0.1, 0.15) is 31.3 Å². The molecule has 0 atom stereocenters. The number of anilines is 1. The zero-order valence-electron chi connectivity index (χ0n) is 14.6. The minimum absolute atomic E-state index is 0.111. The van der Waals surface area contributed by atoms with Crippen molar-refractivity contribution in [3.05, 3.63) is 40.1 Å². The molecule has 7 nitrogen and oxygen atoms in total. The van der Waals surface area contributed by atoms with Crippen LogP contribution in [0.5, 0.6) is 0 Å². The van der Waals surface area contributed by atoms with Crippen molar-refractivity contribution in [2.45, 2.75) is 26.4 Å². The highest BCUT2D eigenvalue weighted by Crippen LogP contribution is 2.33. The van der Waals surface area contributed by atoms with Gasteiger partial charge >= 0.3 is 12.1 Å². The highest BCUT2D eigenvalue weighted by Gasteiger charge is 2.22. The van der Waals surface area contributed by atoms with Crippen LogP contribution in [0.25, 0.3) is 11.3 Å². The summed E-state index contributed by atoms with van der Waals surface area (Å²) < 4.78 is 9.85. The van der Waals surface area contributed by atoms with Crippen LogP contribution < -0.4 is 5.32 Å². The number of halogens is 2. The van der Waals surface area contributed by atoms with Crippen molar-refractivity contribution in [1.82, 2.24) is 9.97 Å². The van der Waals surface area contributed by atoms with Gasteiger partial charge in [-0.05, 0) is 26.8 Å². The van der Waals surface area contributed by atoms with E-state index in [1.165, 1.54) is 13.3 Å². The van der Waals surface area contributed by atoms with Gasteiger partial charge in [-0.3, -0.25) is 5.32 Å². The van der Waals surface area contributed by atoms with E-state index >= 15 is 0 Å². The molecule has 0 aliphatic heterocycles. The summed E-state index contributed by atoms with van der Waals surface area (Å²) in [5.74, 6) is -0.869. The molecule has 0 radical (unpaired) electrons. The van der Waals surface area contributed by atoms with Crippen molar-refractivity contribution in [2.24, 2.45) is 0 Å². The van der Waals surface area contributed by atoms with E-state index in [2.05, 4.69) is 20.0 Å². The molecule has 0 aliphatic rings. The first-order chi connectivity index (χ1) is 12.1. The Bertz CT molecular complexity index is 850. The Hall–Kier alpha value is -2.38. The van der Waals surface area contributed by atoms with E-state index in [1.54, 1.807) is 39.0 Å². The quantitative estimate of drug-likeness (QED) is 0.761. The molecule has 0 saturated carbocycles. The van der Waals surface area contributed by atoms with Gasteiger partial charge in [0.1, 0.15) is 5.60 Å². The van der Waals surface area contributed by atoms with E-state index in [0.29, 0.717) is 16.3 Å². The van der Waals surface area contributed by atoms with E-state index in [0.717, 1.165) is 0 Å². The maximum absolute atomic E-state index is 12.1. The number of nitrogens with one attached hydrogen (secondary N) is 1. The second-order valence-electron chi connectivity index (χ2n) is 6.17. The van der Waals surface area contributed by atoms with Gasteiger partial charge in [0, 0.05) is 5.56 Å². The number of aromatic nitrogens is 2. The van der Waals surface area contributed by atoms with Gasteiger partial charge in [0.05, 0.1) is 29.0 Å². The summed E-state index contributed by atoms with van der Waals surface area (Å²) in [6.45, 7) is 5.13. The lowest BCUT2D eigenvalue weighted by Gasteiger charge is -2.20. The Morgan fingerprint density at radius 3 is 2.50 bits per heavy atom. The molecule has 0 fully saturated rings. The SMILES string of the molecule is COC(=O)c1ncc(-c2cccc(Cl)c2Cl)nc1NC(=O)OC(C)(C)C. The number of hydrogen-bond acceptors (Lipinski definition) is 6. The summed E-state index contributed by atoms with van der Waals surface area (Å²) in [6, 6.07) is 5.01. The van der Waals surface area contributed by atoms with Crippen molar-refractivity contribution in [3.8, 4) is 11.3 Å². The number of carbonyl (C=O) groups excluding carboxylic acids is 2. The second kappa shape index (κ2) is 7.88. The Kier molecular flexibility index (Phi) is 6.05. The number of nitrogens with zero attached hydrogens (tertiary/aromatic N) is 2. The highest BCUT2D eigenvalue weighted by atomic mass is 35.5. The van der Waals surface area contributed by atoms with E-state index in [4.69, 9.17) is 27.9 Å². The molecule has 1 N–H and O–H groups in total. The van der Waals surface area contributed by atoms with Crippen molar-refractivity contribution in [3.63, 3.8) is 0 Å². The van der Waals surface area contributed by atoms with Crippen molar-refractivity contribution in [1.29, 1.82) is 0 Å². The van der Waals surface area contributed by atoms with Crippen LogP contribution in [0.4, 0.5) is 10.6 Å². The molecule has 2 rings (SSSR count). The van der Waals surface area contributed by atoms with Crippen LogP contribution in [0.15, 0.2) is 24.4 Å². The average molecular weight is 398 g/mol. The lowest BCUT2D eigenvalue weighted by Crippen LogP contribution is -2.28. The second-order valence-corrected chi connectivity index (χ2v) is 6.96. The maximum atomic E-state index is 12.1. The fourth-order valence-electron chi connectivity index (χ4n) is 1.95. The molecule has 0 saturated heterocycles. The molecule has 0 aliphatic carbocycles. The van der Waals surface area contributed by atoms with Crippen molar-refractivity contribution < 1.29 is 19.1 Å². The normalized spacial score (nSPS) is 11.0. The Morgan fingerprint density at radius 1 is 1.19 bits per heavy atom. The molecule has 0 bridgehead atoms. The van der Waals surface area contributed by atoms with Crippen LogP contribution in [0, 0.1) is 0 Å². The summed E-state index contributed by atoms with van der Waals surface area (Å²) >= 11 is 12.2. The molecule has 26 heavy (non-hydrogen) atoms. The van der Waals surface area contributed by atoms with Crippen LogP contribution in [-0.4, -0.2) is 34.7 Å². The highest BCUT2D eigenvalue weighted by molar-refractivity contribution is 6.43. The average Bonchev–Trinajstić information content (AvgIpc) is 2.55. The first-order valence-corrected chi connectivity index (χ1v) is 8.27. The lowest BCUT2D eigenvalue weighted by atomic mass is 10.1. The number of methoxy groups -OCH3 is 1. The number of esters is 1. The van der Waals surface area contributed by atoms with Gasteiger partial charge in [-0.2, -0.15) is 0 Å². The van der Waals surface area contributed by atoms with Crippen molar-refractivity contribution >= 4 is 41.1 Å². The van der Waals surface area contributed by atoms with Crippen molar-refractivity contribution in [2.75, 3.05) is 12.4 Å². The third kappa shape index (κ3) is 4.83. The van der Waals surface area contributed by atoms with Gasteiger partial charge in [-0.15, -0.1) is 0 Å². The van der Waals surface area contributed by atoms with Gasteiger partial charge in [-0.1, -0.05) is 35.3 Å². The topological polar surface area (TPSA) is 90.4 Å². The van der Waals surface area contributed by atoms with Crippen LogP contribution in [0.3, 0.4) is 0 Å². The number of rotatable bonds is 3. The number of carbonyl (C=O) groups is 2. The fraction of sp³-hybridized carbons (Fsp3) is 0.294. The Labute approximate surface area is 160 Å². The molecule has 138 valence electrons. The van der Waals surface area contributed by atoms with Crippen LogP contribution in [0.2, 0.25) is 10.0 Å². The predicted molar refractivity (Wildman–Crippen MR) is 98.7 cm³/mol. The molecule has 1 aromatic heterocycles. The van der Waals surface area contributed by atoms with Gasteiger partial charge in [0.2, 0.25) is 0 Å². The summed E-state index contributed by atoms with van der Waals surface area (Å²) in [4.78, 5) is 32.3. The monoisotopic (exact) mass is 397 g/mol. The number of amides is 1. The molecule has 1 aromatic carbocycles. The Balaban J connectivity index is 2.47. The van der Waals surface area contributed by atoms with E-state index < -0.39 is 17.7 Å². The van der Waals surface area contributed by atoms with E-state index in [9.17, 15) is 9.59 Å². The lowest BCUT2D eigenvalue weighted by molar-refractivity contribution is 0.0594. The summed E-state index contributed by atoms with van der Waals surface area (Å²) in [5, 5.41) is 3.03. The Morgan fingerprint density at radius 2 is 1.88 bits per heavy atom. The summed E-state index contributed by atoms with van der Waals surface area (Å²) in [5.41, 5.74) is -0.0802. The maximum Gasteiger partial charge on any atom is 0.413 e. The first kappa shape index (κ1) is 19.9. The van der Waals surface area contributed by atoms with Gasteiger partial charge in [0.15, 0.2) is 11.5 Å². The van der Waals surface area contributed by atoms with E-state index in [1.807, 2.05) is 0 Å². The molecular formula is C17H17Cl2N3O4. The molecular weight excluding hydrogens is 381 g/mol. The fourth-order valence-corrected chi connectivity index (χ4v) is 2.35. The number of ether oxygens (including phenoxy) is 2. The smallest absolute Gasteiger partial charge is 0.413 e. The minimum atomic E-state index is -0.786. The predicted octanol–water partition coefficient (Wildman–Crippen LogP) is 4.58. The molecule has 1 amide bonds. The summed E-state index contributed by atoms with van der Waals surface area (Å²) in [6.07, 6.45) is 0.552. The first-order valence-electron chi connectivity index (χ1n) is 7.52. The van der Waals surface area contributed by atoms with Crippen LogP contribution in [-0.2, 0) is 9.47 Å². The van der Waals surface area contributed by atoms with Gasteiger partial charge in [0.25, 0.3) is 0 Å². The molecule has 1 heterocycles. The standard InChI is InChI=1S/C17H17Cl2N3O4/c1-17(2,3)26-16(24)22-14-13(15(23)25-4)20-8-11(21-14)9-6-5-7-10(18)12(9)19/h5-8H,1-4H3,(H,21,22,24). The molecule has 9 heteroatoms. The van der Waals surface area contributed by atoms with E-state index in [-0.39, 0.29) is 16.5 Å². The molecule has 0 unspecified atom stereocenters.